The molecule has 0 spiro atoms. The van der Waals surface area contributed by atoms with Gasteiger partial charge in [0.25, 0.3) is 5.56 Å². The fourth-order valence-electron chi connectivity index (χ4n) is 2.39. The number of rotatable bonds is 6. The maximum absolute atomic E-state index is 12.6. The molecule has 0 atom stereocenters. The zero-order valence-corrected chi connectivity index (χ0v) is 14.6. The van der Waals surface area contributed by atoms with E-state index in [1.165, 1.54) is 10.6 Å². The summed E-state index contributed by atoms with van der Waals surface area (Å²) >= 11 is 0. The Morgan fingerprint density at radius 3 is 2.36 bits per heavy atom. The number of esters is 2. The molecule has 9 heteroatoms. The van der Waals surface area contributed by atoms with Gasteiger partial charge in [0, 0.05) is 12.6 Å². The Morgan fingerprint density at radius 2 is 1.80 bits per heavy atom. The maximum Gasteiger partial charge on any atom is 0.358 e. The van der Waals surface area contributed by atoms with Gasteiger partial charge in [0.1, 0.15) is 5.65 Å². The molecule has 0 amide bonds. The summed E-state index contributed by atoms with van der Waals surface area (Å²) in [5.41, 5.74) is -1.28. The van der Waals surface area contributed by atoms with Crippen molar-refractivity contribution in [1.82, 2.24) is 14.2 Å². The molecule has 0 radical (unpaired) electrons. The number of carbonyl (C=O) groups excluding carboxylic acids is 2. The van der Waals surface area contributed by atoms with Gasteiger partial charge in [-0.15, -0.1) is 0 Å². The van der Waals surface area contributed by atoms with Crippen LogP contribution in [0.4, 0.5) is 0 Å². The molecule has 2 rings (SSSR count). The summed E-state index contributed by atoms with van der Waals surface area (Å²) in [6.07, 6.45) is 0. The largest absolute Gasteiger partial charge is 0.494 e. The van der Waals surface area contributed by atoms with Gasteiger partial charge in [-0.25, -0.2) is 9.59 Å². The van der Waals surface area contributed by atoms with Gasteiger partial charge in [-0.3, -0.25) is 9.36 Å². The second kappa shape index (κ2) is 7.37. The highest BCUT2D eigenvalue weighted by Crippen LogP contribution is 2.21. The number of hydrogen-bond donors (Lipinski definition) is 1. The van der Waals surface area contributed by atoms with Crippen LogP contribution in [-0.4, -0.2) is 44.4 Å². The molecular weight excluding hydrogens is 330 g/mol. The molecule has 25 heavy (non-hydrogen) atoms. The Bertz CT molecular complexity index is 865. The predicted octanol–water partition coefficient (Wildman–Crippen LogP) is 1.21. The van der Waals surface area contributed by atoms with Crippen LogP contribution in [0.3, 0.4) is 0 Å². The zero-order chi connectivity index (χ0) is 18.7. The summed E-state index contributed by atoms with van der Waals surface area (Å²) in [6, 6.07) is 1.34. The van der Waals surface area contributed by atoms with Gasteiger partial charge >= 0.3 is 11.9 Å². The Labute approximate surface area is 143 Å². The number of aromatic hydroxyl groups is 1. The summed E-state index contributed by atoms with van der Waals surface area (Å²) in [5.74, 6) is -2.07. The standard InChI is InChI=1S/C16H21N3O6/c1-5-24-15(22)10-7-11-18(8-9(3)4)13(20)12(16(23)25-6-2)14(21)19(11)17-10/h7,9,20H,5-6,8H2,1-4H3. The van der Waals surface area contributed by atoms with Crippen molar-refractivity contribution in [2.75, 3.05) is 13.2 Å². The van der Waals surface area contributed by atoms with Crippen molar-refractivity contribution in [3.63, 3.8) is 0 Å². The molecule has 0 saturated carbocycles. The zero-order valence-electron chi connectivity index (χ0n) is 14.6. The summed E-state index contributed by atoms with van der Waals surface area (Å²) in [6.45, 7) is 7.55. The Hall–Kier alpha value is -2.84. The molecule has 1 N–H and O–H groups in total. The quantitative estimate of drug-likeness (QED) is 0.778. The van der Waals surface area contributed by atoms with E-state index < -0.39 is 28.9 Å². The average Bonchev–Trinajstić information content (AvgIpc) is 2.97. The van der Waals surface area contributed by atoms with Crippen molar-refractivity contribution in [1.29, 1.82) is 0 Å². The third kappa shape index (κ3) is 3.49. The highest BCUT2D eigenvalue weighted by molar-refractivity contribution is 5.92. The van der Waals surface area contributed by atoms with Crippen molar-refractivity contribution in [2.45, 2.75) is 34.2 Å². The molecular formula is C16H21N3O6. The van der Waals surface area contributed by atoms with E-state index in [1.54, 1.807) is 13.8 Å². The van der Waals surface area contributed by atoms with Crippen molar-refractivity contribution < 1.29 is 24.2 Å². The first-order chi connectivity index (χ1) is 11.8. The summed E-state index contributed by atoms with van der Waals surface area (Å²) < 4.78 is 12.0. The Kier molecular flexibility index (Phi) is 5.45. The summed E-state index contributed by atoms with van der Waals surface area (Å²) in [5, 5.41) is 14.4. The Morgan fingerprint density at radius 1 is 1.20 bits per heavy atom. The smallest absolute Gasteiger partial charge is 0.358 e. The fraction of sp³-hybridized carbons (Fsp3) is 0.500. The minimum absolute atomic E-state index is 0.0487. The molecule has 2 heterocycles. The van der Waals surface area contributed by atoms with Crippen molar-refractivity contribution in [2.24, 2.45) is 5.92 Å². The van der Waals surface area contributed by atoms with E-state index in [4.69, 9.17) is 9.47 Å². The molecule has 136 valence electrons. The third-order valence-corrected chi connectivity index (χ3v) is 3.36. The lowest BCUT2D eigenvalue weighted by molar-refractivity contribution is 0.0511. The van der Waals surface area contributed by atoms with E-state index in [9.17, 15) is 19.5 Å². The van der Waals surface area contributed by atoms with Crippen LogP contribution in [0, 0.1) is 5.92 Å². The van der Waals surface area contributed by atoms with Crippen LogP contribution in [0.2, 0.25) is 0 Å². The first-order valence-electron chi connectivity index (χ1n) is 8.01. The van der Waals surface area contributed by atoms with Crippen LogP contribution in [0.5, 0.6) is 5.88 Å². The molecule has 0 unspecified atom stereocenters. The monoisotopic (exact) mass is 351 g/mol. The van der Waals surface area contributed by atoms with Gasteiger partial charge in [-0.2, -0.15) is 9.61 Å². The van der Waals surface area contributed by atoms with Crippen molar-refractivity contribution >= 4 is 17.6 Å². The molecule has 0 aliphatic rings. The van der Waals surface area contributed by atoms with Crippen molar-refractivity contribution in [3.05, 3.63) is 27.7 Å². The highest BCUT2D eigenvalue weighted by atomic mass is 16.5. The summed E-state index contributed by atoms with van der Waals surface area (Å²) in [4.78, 5) is 36.6. The van der Waals surface area contributed by atoms with Gasteiger partial charge in [0.05, 0.1) is 13.2 Å². The van der Waals surface area contributed by atoms with Gasteiger partial charge in [-0.05, 0) is 19.8 Å². The van der Waals surface area contributed by atoms with Crippen LogP contribution in [0.1, 0.15) is 48.5 Å². The number of carbonyl (C=O) groups is 2. The highest BCUT2D eigenvalue weighted by Gasteiger charge is 2.26. The van der Waals surface area contributed by atoms with Crippen LogP contribution >= 0.6 is 0 Å². The van der Waals surface area contributed by atoms with Gasteiger partial charge < -0.3 is 14.6 Å². The van der Waals surface area contributed by atoms with Gasteiger partial charge in [0.2, 0.25) is 5.88 Å². The van der Waals surface area contributed by atoms with Gasteiger partial charge in [0.15, 0.2) is 11.3 Å². The van der Waals surface area contributed by atoms with Crippen LogP contribution < -0.4 is 5.56 Å². The van der Waals surface area contributed by atoms with E-state index in [0.717, 1.165) is 4.52 Å². The van der Waals surface area contributed by atoms with E-state index in [-0.39, 0.29) is 30.5 Å². The SMILES string of the molecule is CCOC(=O)c1cc2n(CC(C)C)c(O)c(C(=O)OCC)c(=O)n2n1. The van der Waals surface area contributed by atoms with E-state index in [2.05, 4.69) is 5.10 Å². The van der Waals surface area contributed by atoms with E-state index >= 15 is 0 Å². The molecule has 2 aromatic heterocycles. The van der Waals surface area contributed by atoms with Gasteiger partial charge in [-0.1, -0.05) is 13.8 Å². The maximum atomic E-state index is 12.6. The van der Waals surface area contributed by atoms with Crippen LogP contribution in [0.15, 0.2) is 10.9 Å². The minimum Gasteiger partial charge on any atom is -0.494 e. The average molecular weight is 351 g/mol. The lowest BCUT2D eigenvalue weighted by Gasteiger charge is -2.15. The van der Waals surface area contributed by atoms with Crippen molar-refractivity contribution in [3.8, 4) is 5.88 Å². The normalized spacial score (nSPS) is 11.1. The number of nitrogens with zero attached hydrogens (tertiary/aromatic N) is 3. The second-order valence-corrected chi connectivity index (χ2v) is 5.75. The molecule has 0 bridgehead atoms. The molecule has 0 fully saturated rings. The number of ether oxygens (including phenoxy) is 2. The first kappa shape index (κ1) is 18.5. The number of fused-ring (bicyclic) bond motifs is 1. The molecule has 9 nitrogen and oxygen atoms in total. The van der Waals surface area contributed by atoms with Crippen LogP contribution in [0.25, 0.3) is 5.65 Å². The molecule has 0 saturated heterocycles. The topological polar surface area (TPSA) is 112 Å². The Balaban J connectivity index is 2.77. The third-order valence-electron chi connectivity index (χ3n) is 3.36. The van der Waals surface area contributed by atoms with E-state index in [1.807, 2.05) is 13.8 Å². The second-order valence-electron chi connectivity index (χ2n) is 5.75. The number of hydrogen-bond acceptors (Lipinski definition) is 7. The molecule has 0 aliphatic heterocycles. The van der Waals surface area contributed by atoms with E-state index in [0.29, 0.717) is 6.54 Å². The predicted molar refractivity (Wildman–Crippen MR) is 87.9 cm³/mol. The summed E-state index contributed by atoms with van der Waals surface area (Å²) in [7, 11) is 0. The molecule has 0 aliphatic carbocycles. The first-order valence-corrected chi connectivity index (χ1v) is 8.01. The molecule has 0 aromatic carbocycles. The minimum atomic E-state index is -0.947. The number of aromatic nitrogens is 3. The lowest BCUT2D eigenvalue weighted by atomic mass is 10.2. The fourth-order valence-corrected chi connectivity index (χ4v) is 2.39. The lowest BCUT2D eigenvalue weighted by Crippen LogP contribution is -2.28. The van der Waals surface area contributed by atoms with Crippen LogP contribution in [-0.2, 0) is 16.0 Å². The molecule has 2 aromatic rings.